The van der Waals surface area contributed by atoms with E-state index >= 15 is 0 Å². The summed E-state index contributed by atoms with van der Waals surface area (Å²) in [5.41, 5.74) is 0.517. The van der Waals surface area contributed by atoms with Crippen LogP contribution in [0.15, 0.2) is 24.3 Å². The SMILES string of the molecule is CC1CN(CC(=O)NCc2ccccc2F)CC(C)N1. The van der Waals surface area contributed by atoms with Gasteiger partial charge in [0.15, 0.2) is 0 Å². The van der Waals surface area contributed by atoms with Gasteiger partial charge in [-0.3, -0.25) is 9.69 Å². The molecule has 5 heteroatoms. The third-order valence-corrected chi connectivity index (χ3v) is 3.43. The first-order valence-electron chi connectivity index (χ1n) is 7.03. The van der Waals surface area contributed by atoms with E-state index in [1.54, 1.807) is 18.2 Å². The van der Waals surface area contributed by atoms with E-state index in [0.717, 1.165) is 13.1 Å². The summed E-state index contributed by atoms with van der Waals surface area (Å²) in [6, 6.07) is 7.27. The molecule has 0 aromatic heterocycles. The average Bonchev–Trinajstić information content (AvgIpc) is 2.36. The van der Waals surface area contributed by atoms with Crippen molar-refractivity contribution >= 4 is 5.91 Å². The van der Waals surface area contributed by atoms with Gasteiger partial charge >= 0.3 is 0 Å². The van der Waals surface area contributed by atoms with E-state index in [9.17, 15) is 9.18 Å². The van der Waals surface area contributed by atoms with Gasteiger partial charge in [0.25, 0.3) is 0 Å². The lowest BCUT2D eigenvalue weighted by Crippen LogP contribution is -2.56. The summed E-state index contributed by atoms with van der Waals surface area (Å²) in [7, 11) is 0. The van der Waals surface area contributed by atoms with Crippen LogP contribution in [0, 0.1) is 5.82 Å². The van der Waals surface area contributed by atoms with E-state index in [4.69, 9.17) is 0 Å². The van der Waals surface area contributed by atoms with Crippen LogP contribution in [0.3, 0.4) is 0 Å². The molecule has 1 saturated heterocycles. The smallest absolute Gasteiger partial charge is 0.234 e. The Morgan fingerprint density at radius 1 is 1.35 bits per heavy atom. The predicted octanol–water partition coefficient (Wildman–Crippen LogP) is 1.12. The van der Waals surface area contributed by atoms with Crippen molar-refractivity contribution in [1.82, 2.24) is 15.5 Å². The molecule has 1 aromatic rings. The van der Waals surface area contributed by atoms with Crippen molar-refractivity contribution in [3.63, 3.8) is 0 Å². The molecule has 0 saturated carbocycles. The second-order valence-corrected chi connectivity index (χ2v) is 5.53. The summed E-state index contributed by atoms with van der Waals surface area (Å²) in [5.74, 6) is -0.341. The van der Waals surface area contributed by atoms with Gasteiger partial charge in [0.2, 0.25) is 5.91 Å². The Kier molecular flexibility index (Phi) is 5.09. The first kappa shape index (κ1) is 14.9. The molecule has 1 heterocycles. The van der Waals surface area contributed by atoms with Crippen LogP contribution in [0.2, 0.25) is 0 Å². The highest BCUT2D eigenvalue weighted by molar-refractivity contribution is 5.78. The Morgan fingerprint density at radius 3 is 2.65 bits per heavy atom. The molecule has 1 aliphatic heterocycles. The van der Waals surface area contributed by atoms with Gasteiger partial charge in [0.05, 0.1) is 6.54 Å². The van der Waals surface area contributed by atoms with Crippen LogP contribution in [-0.2, 0) is 11.3 Å². The molecular formula is C15H22FN3O. The van der Waals surface area contributed by atoms with Crippen LogP contribution in [0.5, 0.6) is 0 Å². The topological polar surface area (TPSA) is 44.4 Å². The number of hydrogen-bond donors (Lipinski definition) is 2. The highest BCUT2D eigenvalue weighted by Gasteiger charge is 2.22. The van der Waals surface area contributed by atoms with Crippen molar-refractivity contribution in [2.45, 2.75) is 32.5 Å². The highest BCUT2D eigenvalue weighted by atomic mass is 19.1. The number of piperazine rings is 1. The largest absolute Gasteiger partial charge is 0.351 e. The number of halogens is 1. The minimum absolute atomic E-state index is 0.0606. The van der Waals surface area contributed by atoms with E-state index in [2.05, 4.69) is 29.4 Å². The van der Waals surface area contributed by atoms with E-state index < -0.39 is 0 Å². The van der Waals surface area contributed by atoms with Gasteiger partial charge < -0.3 is 10.6 Å². The minimum Gasteiger partial charge on any atom is -0.351 e. The number of hydrogen-bond acceptors (Lipinski definition) is 3. The molecule has 1 amide bonds. The van der Waals surface area contributed by atoms with Crippen LogP contribution in [-0.4, -0.2) is 42.5 Å². The zero-order valence-corrected chi connectivity index (χ0v) is 12.0. The van der Waals surface area contributed by atoms with Crippen molar-refractivity contribution in [2.24, 2.45) is 0 Å². The fourth-order valence-electron chi connectivity index (χ4n) is 2.66. The Hall–Kier alpha value is -1.46. The molecule has 110 valence electrons. The Labute approximate surface area is 119 Å². The van der Waals surface area contributed by atoms with Crippen molar-refractivity contribution in [3.8, 4) is 0 Å². The lowest BCUT2D eigenvalue weighted by molar-refractivity contribution is -0.122. The van der Waals surface area contributed by atoms with E-state index in [1.165, 1.54) is 6.07 Å². The maximum Gasteiger partial charge on any atom is 0.234 e. The molecule has 4 nitrogen and oxygen atoms in total. The number of carbonyl (C=O) groups excluding carboxylic acids is 1. The molecule has 2 atom stereocenters. The molecule has 1 aromatic carbocycles. The van der Waals surface area contributed by atoms with Crippen LogP contribution >= 0.6 is 0 Å². The molecule has 2 unspecified atom stereocenters. The van der Waals surface area contributed by atoms with Gasteiger partial charge in [0.1, 0.15) is 5.82 Å². The summed E-state index contributed by atoms with van der Waals surface area (Å²) in [6.07, 6.45) is 0. The highest BCUT2D eigenvalue weighted by Crippen LogP contribution is 2.06. The van der Waals surface area contributed by atoms with Crippen molar-refractivity contribution in [3.05, 3.63) is 35.6 Å². The third-order valence-electron chi connectivity index (χ3n) is 3.43. The molecule has 20 heavy (non-hydrogen) atoms. The van der Waals surface area contributed by atoms with Crippen LogP contribution in [0.25, 0.3) is 0 Å². The van der Waals surface area contributed by atoms with Gasteiger partial charge in [-0.25, -0.2) is 4.39 Å². The zero-order valence-electron chi connectivity index (χ0n) is 12.0. The number of nitrogens with zero attached hydrogens (tertiary/aromatic N) is 1. The Bertz CT molecular complexity index is 456. The van der Waals surface area contributed by atoms with E-state index in [0.29, 0.717) is 24.2 Å². The summed E-state index contributed by atoms with van der Waals surface area (Å²) in [4.78, 5) is 14.0. The van der Waals surface area contributed by atoms with Crippen LogP contribution in [0.1, 0.15) is 19.4 Å². The average molecular weight is 279 g/mol. The van der Waals surface area contributed by atoms with Gasteiger partial charge in [0, 0.05) is 37.3 Å². The molecule has 0 spiro atoms. The molecule has 1 aliphatic rings. The van der Waals surface area contributed by atoms with Gasteiger partial charge in [-0.15, -0.1) is 0 Å². The lowest BCUT2D eigenvalue weighted by atomic mass is 10.1. The summed E-state index contributed by atoms with van der Waals surface area (Å²) < 4.78 is 13.4. The number of rotatable bonds is 4. The number of carbonyl (C=O) groups is 1. The standard InChI is InChI=1S/C15H22FN3O/c1-11-8-19(9-12(2)18-11)10-15(20)17-7-13-5-3-4-6-14(13)16/h3-6,11-12,18H,7-10H2,1-2H3,(H,17,20). The number of nitrogens with one attached hydrogen (secondary N) is 2. The summed E-state index contributed by atoms with van der Waals surface area (Å²) in [5, 5.41) is 6.20. The van der Waals surface area contributed by atoms with Crippen molar-refractivity contribution < 1.29 is 9.18 Å². The fourth-order valence-corrected chi connectivity index (χ4v) is 2.66. The second-order valence-electron chi connectivity index (χ2n) is 5.53. The first-order chi connectivity index (χ1) is 9.54. The quantitative estimate of drug-likeness (QED) is 0.868. The van der Waals surface area contributed by atoms with E-state index in [1.807, 2.05) is 0 Å². The van der Waals surface area contributed by atoms with Crippen molar-refractivity contribution in [1.29, 1.82) is 0 Å². The monoisotopic (exact) mass is 279 g/mol. The number of benzene rings is 1. The van der Waals surface area contributed by atoms with Gasteiger partial charge in [-0.05, 0) is 19.9 Å². The first-order valence-corrected chi connectivity index (χ1v) is 7.03. The molecular weight excluding hydrogens is 257 g/mol. The fraction of sp³-hybridized carbons (Fsp3) is 0.533. The van der Waals surface area contributed by atoms with Gasteiger partial charge in [-0.1, -0.05) is 18.2 Å². The molecule has 1 fully saturated rings. The Balaban J connectivity index is 1.79. The minimum atomic E-state index is -0.280. The lowest BCUT2D eigenvalue weighted by Gasteiger charge is -2.35. The molecule has 0 aliphatic carbocycles. The molecule has 2 N–H and O–H groups in total. The Morgan fingerprint density at radius 2 is 2.00 bits per heavy atom. The third kappa shape index (κ3) is 4.28. The molecule has 0 radical (unpaired) electrons. The summed E-state index contributed by atoms with van der Waals surface area (Å²) in [6.45, 7) is 6.54. The van der Waals surface area contributed by atoms with Crippen LogP contribution in [0.4, 0.5) is 4.39 Å². The van der Waals surface area contributed by atoms with E-state index in [-0.39, 0.29) is 18.3 Å². The maximum atomic E-state index is 13.4. The van der Waals surface area contributed by atoms with Crippen LogP contribution < -0.4 is 10.6 Å². The molecule has 0 bridgehead atoms. The van der Waals surface area contributed by atoms with Crippen molar-refractivity contribution in [2.75, 3.05) is 19.6 Å². The van der Waals surface area contributed by atoms with Gasteiger partial charge in [-0.2, -0.15) is 0 Å². The predicted molar refractivity (Wildman–Crippen MR) is 76.7 cm³/mol. The summed E-state index contributed by atoms with van der Waals surface area (Å²) >= 11 is 0. The molecule has 2 rings (SSSR count). The number of amides is 1. The zero-order chi connectivity index (χ0) is 14.5. The second kappa shape index (κ2) is 6.81. The normalized spacial score (nSPS) is 23.6. The maximum absolute atomic E-state index is 13.4.